The average molecular weight is 331 g/mol. The Morgan fingerprint density at radius 1 is 1.22 bits per heavy atom. The number of ether oxygens (including phenoxy) is 1. The fourth-order valence-electron chi connectivity index (χ4n) is 1.74. The summed E-state index contributed by atoms with van der Waals surface area (Å²) in [6.45, 7) is -0.109. The van der Waals surface area contributed by atoms with Crippen LogP contribution in [0.4, 0.5) is 0 Å². The normalized spacial score (nSPS) is 11.0. The molecule has 0 aliphatic carbocycles. The van der Waals surface area contributed by atoms with Gasteiger partial charge in [0, 0.05) is 16.7 Å². The average Bonchev–Trinajstić information content (AvgIpc) is 3.23. The van der Waals surface area contributed by atoms with Crippen molar-refractivity contribution in [3.05, 3.63) is 65.4 Å². The van der Waals surface area contributed by atoms with Crippen LogP contribution in [0, 0.1) is 0 Å². The van der Waals surface area contributed by atoms with Crippen molar-refractivity contribution in [3.63, 3.8) is 0 Å². The number of carbonyl (C=O) groups is 1. The minimum absolute atomic E-state index is 0.109. The molecule has 6 nitrogen and oxygen atoms in total. The number of carbonyl (C=O) groups excluding carboxylic acids is 1. The van der Waals surface area contributed by atoms with Crippen LogP contribution in [0.2, 0.25) is 5.02 Å². The van der Waals surface area contributed by atoms with E-state index in [1.165, 1.54) is 18.4 Å². The summed E-state index contributed by atoms with van der Waals surface area (Å²) in [7, 11) is 0. The Bertz CT molecular complexity index is 807. The first-order chi connectivity index (χ1) is 11.2. The van der Waals surface area contributed by atoms with Gasteiger partial charge in [0.05, 0.1) is 6.26 Å². The number of rotatable bonds is 5. The maximum atomic E-state index is 11.6. The van der Waals surface area contributed by atoms with Gasteiger partial charge in [-0.25, -0.2) is 4.79 Å². The van der Waals surface area contributed by atoms with Gasteiger partial charge in [0.1, 0.15) is 5.76 Å². The van der Waals surface area contributed by atoms with Crippen LogP contribution in [-0.4, -0.2) is 16.2 Å². The van der Waals surface area contributed by atoms with E-state index in [1.807, 2.05) is 0 Å². The zero-order valence-electron chi connectivity index (χ0n) is 11.8. The zero-order chi connectivity index (χ0) is 16.1. The fraction of sp³-hybridized carbons (Fsp3) is 0.0625. The molecule has 0 atom stereocenters. The lowest BCUT2D eigenvalue weighted by atomic mass is 10.2. The summed E-state index contributed by atoms with van der Waals surface area (Å²) in [5.41, 5.74) is 0.734. The second kappa shape index (κ2) is 6.93. The van der Waals surface area contributed by atoms with E-state index >= 15 is 0 Å². The summed E-state index contributed by atoms with van der Waals surface area (Å²) in [4.78, 5) is 11.6. The molecule has 3 rings (SSSR count). The van der Waals surface area contributed by atoms with Crippen LogP contribution in [-0.2, 0) is 16.1 Å². The van der Waals surface area contributed by atoms with Crippen LogP contribution in [0.5, 0.6) is 0 Å². The number of hydrogen-bond acceptors (Lipinski definition) is 6. The molecule has 116 valence electrons. The number of halogens is 1. The number of furan rings is 1. The van der Waals surface area contributed by atoms with Crippen LogP contribution in [0.25, 0.3) is 17.5 Å². The predicted octanol–water partition coefficient (Wildman–Crippen LogP) is 3.74. The molecular formula is C16H11ClN2O4. The van der Waals surface area contributed by atoms with Crippen LogP contribution < -0.4 is 0 Å². The molecule has 2 heterocycles. The Kier molecular flexibility index (Phi) is 4.54. The predicted molar refractivity (Wildman–Crippen MR) is 82.3 cm³/mol. The highest BCUT2D eigenvalue weighted by molar-refractivity contribution is 6.30. The van der Waals surface area contributed by atoms with Gasteiger partial charge in [-0.1, -0.05) is 11.6 Å². The smallest absolute Gasteiger partial charge is 0.331 e. The first-order valence-corrected chi connectivity index (χ1v) is 7.05. The second-order valence-electron chi connectivity index (χ2n) is 4.46. The number of aromatic nitrogens is 2. The highest BCUT2D eigenvalue weighted by Crippen LogP contribution is 2.20. The molecule has 0 amide bonds. The summed E-state index contributed by atoms with van der Waals surface area (Å²) in [5, 5.41) is 8.34. The van der Waals surface area contributed by atoms with Gasteiger partial charge in [-0.2, -0.15) is 0 Å². The first-order valence-electron chi connectivity index (χ1n) is 6.67. The fourth-order valence-corrected chi connectivity index (χ4v) is 1.86. The van der Waals surface area contributed by atoms with E-state index in [9.17, 15) is 4.79 Å². The number of hydrogen-bond donors (Lipinski definition) is 0. The lowest BCUT2D eigenvalue weighted by Gasteiger charge is -1.97. The number of esters is 1. The van der Waals surface area contributed by atoms with Gasteiger partial charge >= 0.3 is 5.97 Å². The molecule has 0 aliphatic heterocycles. The summed E-state index contributed by atoms with van der Waals surface area (Å²) in [6.07, 6.45) is 4.28. The number of benzene rings is 1. The molecule has 0 aliphatic rings. The molecule has 1 aromatic carbocycles. The highest BCUT2D eigenvalue weighted by atomic mass is 35.5. The van der Waals surface area contributed by atoms with Gasteiger partial charge < -0.3 is 13.6 Å². The summed E-state index contributed by atoms with van der Waals surface area (Å²) in [5.74, 6) is 0.561. The minimum atomic E-state index is -0.535. The van der Waals surface area contributed by atoms with Crippen molar-refractivity contribution in [2.24, 2.45) is 0 Å². The molecule has 0 fully saturated rings. The Hall–Kier alpha value is -2.86. The van der Waals surface area contributed by atoms with E-state index < -0.39 is 5.97 Å². The van der Waals surface area contributed by atoms with E-state index in [0.717, 1.165) is 5.56 Å². The van der Waals surface area contributed by atoms with Gasteiger partial charge in [0.15, 0.2) is 6.61 Å². The summed E-state index contributed by atoms with van der Waals surface area (Å²) < 4.78 is 15.5. The van der Waals surface area contributed by atoms with Crippen molar-refractivity contribution in [2.75, 3.05) is 0 Å². The summed E-state index contributed by atoms with van der Waals surface area (Å²) >= 11 is 5.82. The molecule has 0 N–H and O–H groups in total. The molecule has 0 bridgehead atoms. The van der Waals surface area contributed by atoms with Crippen molar-refractivity contribution < 1.29 is 18.4 Å². The van der Waals surface area contributed by atoms with Crippen molar-refractivity contribution >= 4 is 23.6 Å². The quantitative estimate of drug-likeness (QED) is 0.524. The number of nitrogens with zero attached hydrogens (tertiary/aromatic N) is 2. The van der Waals surface area contributed by atoms with Crippen LogP contribution in [0.15, 0.2) is 57.6 Å². The van der Waals surface area contributed by atoms with Crippen molar-refractivity contribution in [1.29, 1.82) is 0 Å². The highest BCUT2D eigenvalue weighted by Gasteiger charge is 2.10. The molecule has 2 aromatic heterocycles. The third kappa shape index (κ3) is 4.08. The van der Waals surface area contributed by atoms with E-state index in [4.69, 9.17) is 25.2 Å². The topological polar surface area (TPSA) is 78.4 Å². The van der Waals surface area contributed by atoms with Gasteiger partial charge in [-0.3, -0.25) is 0 Å². The molecule has 0 radical (unpaired) electrons. The third-order valence-corrected chi connectivity index (χ3v) is 3.07. The Balaban J connectivity index is 1.57. The molecule has 23 heavy (non-hydrogen) atoms. The Labute approximate surface area is 136 Å². The zero-order valence-corrected chi connectivity index (χ0v) is 12.6. The summed E-state index contributed by atoms with van der Waals surface area (Å²) in [6, 6.07) is 10.4. The van der Waals surface area contributed by atoms with Crippen LogP contribution >= 0.6 is 11.6 Å². The van der Waals surface area contributed by atoms with E-state index in [-0.39, 0.29) is 12.5 Å². The maximum absolute atomic E-state index is 11.6. The Morgan fingerprint density at radius 2 is 2.04 bits per heavy atom. The SMILES string of the molecule is O=C(C=Cc1ccco1)OCc1nnc(-c2ccc(Cl)cc2)o1. The molecular weight excluding hydrogens is 320 g/mol. The van der Waals surface area contributed by atoms with Crippen LogP contribution in [0.3, 0.4) is 0 Å². The second-order valence-corrected chi connectivity index (χ2v) is 4.90. The largest absolute Gasteiger partial charge is 0.465 e. The molecule has 7 heteroatoms. The van der Waals surface area contributed by atoms with Crippen molar-refractivity contribution in [3.8, 4) is 11.5 Å². The van der Waals surface area contributed by atoms with Crippen LogP contribution in [0.1, 0.15) is 11.7 Å². The van der Waals surface area contributed by atoms with Gasteiger partial charge in [0.2, 0.25) is 5.89 Å². The van der Waals surface area contributed by atoms with Gasteiger partial charge in [0.25, 0.3) is 5.89 Å². The standard InChI is InChI=1S/C16H11ClN2O4/c17-12-5-3-11(4-6-12)16-19-18-14(23-16)10-22-15(20)8-7-13-2-1-9-21-13/h1-9H,10H2. The minimum Gasteiger partial charge on any atom is -0.465 e. The molecule has 0 saturated carbocycles. The Morgan fingerprint density at radius 3 is 2.78 bits per heavy atom. The lowest BCUT2D eigenvalue weighted by Crippen LogP contribution is -2.00. The van der Waals surface area contributed by atoms with E-state index in [2.05, 4.69) is 10.2 Å². The van der Waals surface area contributed by atoms with Crippen molar-refractivity contribution in [1.82, 2.24) is 10.2 Å². The molecule has 3 aromatic rings. The van der Waals surface area contributed by atoms with E-state index in [0.29, 0.717) is 16.7 Å². The molecule has 0 saturated heterocycles. The lowest BCUT2D eigenvalue weighted by molar-refractivity contribution is -0.139. The molecule has 0 unspecified atom stereocenters. The molecule has 0 spiro atoms. The van der Waals surface area contributed by atoms with Gasteiger partial charge in [-0.15, -0.1) is 10.2 Å². The maximum Gasteiger partial charge on any atom is 0.331 e. The monoisotopic (exact) mass is 330 g/mol. The van der Waals surface area contributed by atoms with Gasteiger partial charge in [-0.05, 0) is 42.5 Å². The first kappa shape index (κ1) is 15.1. The van der Waals surface area contributed by atoms with Crippen molar-refractivity contribution in [2.45, 2.75) is 6.61 Å². The van der Waals surface area contributed by atoms with E-state index in [1.54, 1.807) is 36.4 Å². The third-order valence-electron chi connectivity index (χ3n) is 2.82.